The largest absolute Gasteiger partial charge is 0.508 e. The molecule has 0 bridgehead atoms. The van der Waals surface area contributed by atoms with Crippen molar-refractivity contribution in [1.29, 1.82) is 0 Å². The zero-order chi connectivity index (χ0) is 10.8. The Bertz CT molecular complexity index is 336. The quantitative estimate of drug-likeness (QED) is 0.866. The molecule has 82 valence electrons. The van der Waals surface area contributed by atoms with Gasteiger partial charge in [0.1, 0.15) is 5.75 Å². The summed E-state index contributed by atoms with van der Waals surface area (Å²) in [5.41, 5.74) is 2.11. The van der Waals surface area contributed by atoms with Crippen molar-refractivity contribution in [2.75, 3.05) is 6.54 Å². The summed E-state index contributed by atoms with van der Waals surface area (Å²) < 4.78 is 1.02. The van der Waals surface area contributed by atoms with Gasteiger partial charge in [0.2, 0.25) is 0 Å². The standard InChI is InChI=1S/C12H16BrNO/c1-8-5-11(13)10(12(15)6-8)7-9-3-2-4-14-9/h5-6,9,14-15H,2-4,7H2,1H3. The van der Waals surface area contributed by atoms with Crippen molar-refractivity contribution in [2.45, 2.75) is 32.2 Å². The van der Waals surface area contributed by atoms with Crippen LogP contribution >= 0.6 is 15.9 Å². The number of phenols is 1. The van der Waals surface area contributed by atoms with Crippen LogP contribution in [-0.2, 0) is 6.42 Å². The minimum Gasteiger partial charge on any atom is -0.508 e. The first-order valence-electron chi connectivity index (χ1n) is 5.38. The van der Waals surface area contributed by atoms with Crippen molar-refractivity contribution in [2.24, 2.45) is 0 Å². The molecular formula is C12H16BrNO. The average Bonchev–Trinajstić information content (AvgIpc) is 2.63. The minimum absolute atomic E-state index is 0.413. The first kappa shape index (κ1) is 11.0. The Morgan fingerprint density at radius 3 is 2.93 bits per heavy atom. The van der Waals surface area contributed by atoms with Crippen LogP contribution in [0.5, 0.6) is 5.75 Å². The lowest BCUT2D eigenvalue weighted by Crippen LogP contribution is -2.23. The van der Waals surface area contributed by atoms with Gasteiger partial charge in [-0.1, -0.05) is 15.9 Å². The van der Waals surface area contributed by atoms with Crippen molar-refractivity contribution in [3.63, 3.8) is 0 Å². The summed E-state index contributed by atoms with van der Waals surface area (Å²) in [5, 5.41) is 13.3. The van der Waals surface area contributed by atoms with Gasteiger partial charge in [-0.15, -0.1) is 0 Å². The molecule has 0 spiro atoms. The second-order valence-corrected chi connectivity index (χ2v) is 5.10. The summed E-state index contributed by atoms with van der Waals surface area (Å²) in [6.07, 6.45) is 3.36. The highest BCUT2D eigenvalue weighted by molar-refractivity contribution is 9.10. The van der Waals surface area contributed by atoms with E-state index in [0.717, 1.165) is 28.6 Å². The third-order valence-corrected chi connectivity index (χ3v) is 3.64. The molecule has 1 aromatic rings. The van der Waals surface area contributed by atoms with E-state index in [9.17, 15) is 5.11 Å². The molecule has 2 rings (SSSR count). The number of phenolic OH excluding ortho intramolecular Hbond substituents is 1. The van der Waals surface area contributed by atoms with Gasteiger partial charge in [-0.05, 0) is 50.4 Å². The number of hydrogen-bond acceptors (Lipinski definition) is 2. The van der Waals surface area contributed by atoms with Crippen LogP contribution in [-0.4, -0.2) is 17.7 Å². The molecule has 3 heteroatoms. The van der Waals surface area contributed by atoms with E-state index in [1.165, 1.54) is 12.8 Å². The number of aryl methyl sites for hydroxylation is 1. The van der Waals surface area contributed by atoms with Gasteiger partial charge in [0.15, 0.2) is 0 Å². The Hall–Kier alpha value is -0.540. The monoisotopic (exact) mass is 269 g/mol. The molecule has 1 unspecified atom stereocenters. The van der Waals surface area contributed by atoms with E-state index in [1.54, 1.807) is 0 Å². The summed E-state index contributed by atoms with van der Waals surface area (Å²) in [4.78, 5) is 0. The summed E-state index contributed by atoms with van der Waals surface area (Å²) in [6.45, 7) is 3.09. The maximum absolute atomic E-state index is 9.87. The summed E-state index contributed by atoms with van der Waals surface area (Å²) in [5.74, 6) is 0.413. The molecule has 0 amide bonds. The first-order valence-corrected chi connectivity index (χ1v) is 6.17. The normalized spacial score (nSPS) is 20.8. The molecule has 15 heavy (non-hydrogen) atoms. The van der Waals surface area contributed by atoms with Crippen molar-refractivity contribution >= 4 is 15.9 Å². The highest BCUT2D eigenvalue weighted by atomic mass is 79.9. The van der Waals surface area contributed by atoms with Crippen LogP contribution in [0.3, 0.4) is 0 Å². The lowest BCUT2D eigenvalue weighted by atomic mass is 10.0. The van der Waals surface area contributed by atoms with Gasteiger partial charge in [-0.25, -0.2) is 0 Å². The maximum atomic E-state index is 9.87. The van der Waals surface area contributed by atoms with Crippen LogP contribution in [0, 0.1) is 6.92 Å². The molecule has 2 nitrogen and oxygen atoms in total. The van der Waals surface area contributed by atoms with E-state index in [1.807, 2.05) is 13.0 Å². The molecule has 1 aliphatic rings. The zero-order valence-corrected chi connectivity index (χ0v) is 10.5. The van der Waals surface area contributed by atoms with E-state index in [0.29, 0.717) is 11.8 Å². The van der Waals surface area contributed by atoms with E-state index in [2.05, 4.69) is 27.3 Å². The second-order valence-electron chi connectivity index (χ2n) is 4.24. The number of nitrogens with one attached hydrogen (secondary N) is 1. The number of hydrogen-bond donors (Lipinski definition) is 2. The van der Waals surface area contributed by atoms with Gasteiger partial charge < -0.3 is 10.4 Å². The van der Waals surface area contributed by atoms with Crippen LogP contribution in [0.1, 0.15) is 24.0 Å². The van der Waals surface area contributed by atoms with Crippen molar-refractivity contribution in [3.05, 3.63) is 27.7 Å². The maximum Gasteiger partial charge on any atom is 0.120 e. The lowest BCUT2D eigenvalue weighted by molar-refractivity contribution is 0.461. The van der Waals surface area contributed by atoms with E-state index < -0.39 is 0 Å². The van der Waals surface area contributed by atoms with E-state index >= 15 is 0 Å². The van der Waals surface area contributed by atoms with Crippen molar-refractivity contribution in [3.8, 4) is 5.75 Å². The van der Waals surface area contributed by atoms with Crippen LogP contribution in [0.15, 0.2) is 16.6 Å². The molecule has 1 heterocycles. The molecule has 0 aliphatic carbocycles. The smallest absolute Gasteiger partial charge is 0.120 e. The molecule has 1 aromatic carbocycles. The number of rotatable bonds is 2. The van der Waals surface area contributed by atoms with Gasteiger partial charge in [0, 0.05) is 16.1 Å². The molecule has 0 saturated carbocycles. The summed E-state index contributed by atoms with van der Waals surface area (Å²) in [6, 6.07) is 4.41. The Morgan fingerprint density at radius 2 is 2.33 bits per heavy atom. The molecule has 1 saturated heterocycles. The third-order valence-electron chi connectivity index (χ3n) is 2.93. The first-order chi connectivity index (χ1) is 7.16. The Labute approximate surface area is 98.8 Å². The number of aromatic hydroxyl groups is 1. The Kier molecular flexibility index (Phi) is 3.32. The van der Waals surface area contributed by atoms with Gasteiger partial charge in [-0.3, -0.25) is 0 Å². The molecule has 0 aromatic heterocycles. The fourth-order valence-corrected chi connectivity index (χ4v) is 2.86. The fourth-order valence-electron chi connectivity index (χ4n) is 2.13. The van der Waals surface area contributed by atoms with Gasteiger partial charge in [0.25, 0.3) is 0 Å². The molecule has 1 fully saturated rings. The lowest BCUT2D eigenvalue weighted by Gasteiger charge is -2.13. The predicted molar refractivity (Wildman–Crippen MR) is 65.3 cm³/mol. The second kappa shape index (κ2) is 4.54. The highest BCUT2D eigenvalue weighted by Gasteiger charge is 2.17. The highest BCUT2D eigenvalue weighted by Crippen LogP contribution is 2.30. The van der Waals surface area contributed by atoms with Crippen LogP contribution in [0.2, 0.25) is 0 Å². The molecule has 0 radical (unpaired) electrons. The molecule has 1 aliphatic heterocycles. The Balaban J connectivity index is 2.19. The molecule has 2 N–H and O–H groups in total. The minimum atomic E-state index is 0.413. The van der Waals surface area contributed by atoms with Crippen molar-refractivity contribution in [1.82, 2.24) is 5.32 Å². The van der Waals surface area contributed by atoms with E-state index in [-0.39, 0.29) is 0 Å². The van der Waals surface area contributed by atoms with Gasteiger partial charge in [0.05, 0.1) is 0 Å². The van der Waals surface area contributed by atoms with Crippen LogP contribution in [0.25, 0.3) is 0 Å². The van der Waals surface area contributed by atoms with Crippen molar-refractivity contribution < 1.29 is 5.11 Å². The molecular weight excluding hydrogens is 254 g/mol. The molecule has 1 atom stereocenters. The summed E-state index contributed by atoms with van der Waals surface area (Å²) >= 11 is 3.52. The fraction of sp³-hybridized carbons (Fsp3) is 0.500. The topological polar surface area (TPSA) is 32.3 Å². The predicted octanol–water partition coefficient (Wildman–Crippen LogP) is 2.76. The number of benzene rings is 1. The van der Waals surface area contributed by atoms with Gasteiger partial charge in [-0.2, -0.15) is 0 Å². The average molecular weight is 270 g/mol. The van der Waals surface area contributed by atoms with Gasteiger partial charge >= 0.3 is 0 Å². The Morgan fingerprint density at radius 1 is 1.53 bits per heavy atom. The SMILES string of the molecule is Cc1cc(O)c(CC2CCCN2)c(Br)c1. The van der Waals surface area contributed by atoms with Crippen LogP contribution < -0.4 is 5.32 Å². The van der Waals surface area contributed by atoms with E-state index in [4.69, 9.17) is 0 Å². The summed E-state index contributed by atoms with van der Waals surface area (Å²) in [7, 11) is 0. The third kappa shape index (κ3) is 2.52. The van der Waals surface area contributed by atoms with Crippen LogP contribution in [0.4, 0.5) is 0 Å². The number of halogens is 1. The zero-order valence-electron chi connectivity index (χ0n) is 8.89.